The maximum Gasteiger partial charge on any atom is 0.191 e. The molecule has 0 radical (unpaired) electrons. The lowest BCUT2D eigenvalue weighted by molar-refractivity contribution is 0.747. The molecular weight excluding hydrogens is 349 g/mol. The lowest BCUT2D eigenvalue weighted by Crippen LogP contribution is -2.38. The number of halogens is 1. The molecule has 0 bridgehead atoms. The first-order valence-electron chi connectivity index (χ1n) is 6.89. The van der Waals surface area contributed by atoms with Crippen molar-refractivity contribution in [2.75, 3.05) is 13.1 Å². The quantitative estimate of drug-likeness (QED) is 0.473. The van der Waals surface area contributed by atoms with Crippen molar-refractivity contribution in [2.24, 2.45) is 4.99 Å². The molecule has 1 aliphatic carbocycles. The number of hydrogen-bond donors (Lipinski definition) is 2. The summed E-state index contributed by atoms with van der Waals surface area (Å²) in [5.74, 6) is 1.42. The number of rotatable bonds is 5. The van der Waals surface area contributed by atoms with Gasteiger partial charge in [-0.2, -0.15) is 0 Å². The van der Waals surface area contributed by atoms with Crippen LogP contribution in [-0.4, -0.2) is 25.1 Å². The van der Waals surface area contributed by atoms with E-state index in [0.29, 0.717) is 12.0 Å². The molecule has 1 atom stereocenters. The second-order valence-electron chi connectivity index (χ2n) is 4.95. The zero-order valence-electron chi connectivity index (χ0n) is 11.7. The van der Waals surface area contributed by atoms with Crippen LogP contribution in [0.4, 0.5) is 0 Å². The highest BCUT2D eigenvalue weighted by Gasteiger charge is 2.22. The summed E-state index contributed by atoms with van der Waals surface area (Å²) in [6.07, 6.45) is 2.55. The number of hydrogen-bond acceptors (Lipinski definition) is 1. The molecule has 106 valence electrons. The summed E-state index contributed by atoms with van der Waals surface area (Å²) in [5.41, 5.74) is 1.35. The first-order chi connectivity index (χ1) is 8.79. The largest absolute Gasteiger partial charge is 0.357 e. The lowest BCUT2D eigenvalue weighted by atomic mass is 10.0. The number of guanidine groups is 1. The van der Waals surface area contributed by atoms with Crippen LogP contribution in [0.5, 0.6) is 0 Å². The Kier molecular flexibility index (Phi) is 7.20. The van der Waals surface area contributed by atoms with Crippen LogP contribution >= 0.6 is 24.0 Å². The number of nitrogens with one attached hydrogen (secondary N) is 2. The Morgan fingerprint density at radius 2 is 2.00 bits per heavy atom. The summed E-state index contributed by atoms with van der Waals surface area (Å²) >= 11 is 0. The minimum atomic E-state index is 0. The van der Waals surface area contributed by atoms with Crippen LogP contribution in [0.25, 0.3) is 0 Å². The first kappa shape index (κ1) is 16.3. The number of benzene rings is 1. The van der Waals surface area contributed by atoms with Crippen molar-refractivity contribution < 1.29 is 0 Å². The van der Waals surface area contributed by atoms with Crippen molar-refractivity contribution in [2.45, 2.75) is 38.6 Å². The van der Waals surface area contributed by atoms with Gasteiger partial charge < -0.3 is 10.6 Å². The molecule has 0 heterocycles. The highest BCUT2D eigenvalue weighted by Crippen LogP contribution is 2.18. The number of nitrogens with zero attached hydrogens (tertiary/aromatic N) is 1. The topological polar surface area (TPSA) is 36.4 Å². The minimum Gasteiger partial charge on any atom is -0.357 e. The average Bonchev–Trinajstić information content (AvgIpc) is 3.21. The second-order valence-corrected chi connectivity index (χ2v) is 4.95. The molecule has 1 saturated carbocycles. The maximum atomic E-state index is 4.66. The van der Waals surface area contributed by atoms with Gasteiger partial charge in [0.05, 0.1) is 0 Å². The molecule has 0 aromatic heterocycles. The van der Waals surface area contributed by atoms with Crippen LogP contribution < -0.4 is 10.6 Å². The van der Waals surface area contributed by atoms with Gasteiger partial charge >= 0.3 is 0 Å². The van der Waals surface area contributed by atoms with Gasteiger partial charge in [0.1, 0.15) is 0 Å². The fourth-order valence-corrected chi connectivity index (χ4v) is 1.86. The first-order valence-corrected chi connectivity index (χ1v) is 6.89. The molecule has 3 nitrogen and oxygen atoms in total. The van der Waals surface area contributed by atoms with E-state index in [0.717, 1.165) is 19.0 Å². The third-order valence-corrected chi connectivity index (χ3v) is 3.15. The van der Waals surface area contributed by atoms with Gasteiger partial charge in [0.2, 0.25) is 0 Å². The van der Waals surface area contributed by atoms with Crippen molar-refractivity contribution in [1.82, 2.24) is 10.6 Å². The summed E-state index contributed by atoms with van der Waals surface area (Å²) in [6, 6.07) is 11.2. The summed E-state index contributed by atoms with van der Waals surface area (Å²) in [6.45, 7) is 6.06. The van der Waals surface area contributed by atoms with E-state index in [9.17, 15) is 0 Å². The van der Waals surface area contributed by atoms with E-state index < -0.39 is 0 Å². The summed E-state index contributed by atoms with van der Waals surface area (Å²) in [7, 11) is 0. The number of aliphatic imine (C=N–C) groups is 1. The molecule has 1 aromatic rings. The highest BCUT2D eigenvalue weighted by atomic mass is 127. The Labute approximate surface area is 133 Å². The molecule has 1 aromatic carbocycles. The molecule has 2 N–H and O–H groups in total. The van der Waals surface area contributed by atoms with Crippen molar-refractivity contribution in [3.8, 4) is 0 Å². The third kappa shape index (κ3) is 5.80. The van der Waals surface area contributed by atoms with E-state index in [1.807, 2.05) is 0 Å². The van der Waals surface area contributed by atoms with Gasteiger partial charge in [0, 0.05) is 25.0 Å². The standard InChI is InChI=1S/C15H23N3.HI/c1-3-16-15(18-14-9-10-14)17-11-12(2)13-7-5-4-6-8-13;/h4-8,12,14H,3,9-11H2,1-2H3,(H2,16,17,18);1H. The molecular formula is C15H24IN3. The van der Waals surface area contributed by atoms with E-state index in [2.05, 4.69) is 59.8 Å². The van der Waals surface area contributed by atoms with E-state index in [4.69, 9.17) is 0 Å². The molecule has 19 heavy (non-hydrogen) atoms. The van der Waals surface area contributed by atoms with Crippen LogP contribution in [0.2, 0.25) is 0 Å². The highest BCUT2D eigenvalue weighted by molar-refractivity contribution is 14.0. The van der Waals surface area contributed by atoms with E-state index in [-0.39, 0.29) is 24.0 Å². The van der Waals surface area contributed by atoms with Gasteiger partial charge in [0.25, 0.3) is 0 Å². The third-order valence-electron chi connectivity index (χ3n) is 3.15. The smallest absolute Gasteiger partial charge is 0.191 e. The minimum absolute atomic E-state index is 0. The molecule has 0 amide bonds. The van der Waals surface area contributed by atoms with Gasteiger partial charge in [-0.25, -0.2) is 0 Å². The Bertz CT molecular complexity index is 388. The van der Waals surface area contributed by atoms with E-state index in [1.165, 1.54) is 18.4 Å². The Morgan fingerprint density at radius 3 is 2.58 bits per heavy atom. The van der Waals surface area contributed by atoms with Crippen molar-refractivity contribution in [3.63, 3.8) is 0 Å². The molecule has 1 fully saturated rings. The van der Waals surface area contributed by atoms with E-state index >= 15 is 0 Å². The molecule has 0 spiro atoms. The van der Waals surface area contributed by atoms with Gasteiger partial charge in [-0.15, -0.1) is 24.0 Å². The van der Waals surface area contributed by atoms with Crippen LogP contribution in [0.15, 0.2) is 35.3 Å². The zero-order valence-corrected chi connectivity index (χ0v) is 14.1. The summed E-state index contributed by atoms with van der Waals surface area (Å²) in [4.78, 5) is 4.66. The van der Waals surface area contributed by atoms with E-state index in [1.54, 1.807) is 0 Å². The molecule has 1 aliphatic rings. The van der Waals surface area contributed by atoms with Gasteiger partial charge in [0.15, 0.2) is 5.96 Å². The van der Waals surface area contributed by atoms with Crippen LogP contribution in [-0.2, 0) is 0 Å². The van der Waals surface area contributed by atoms with Crippen LogP contribution in [0.3, 0.4) is 0 Å². The molecule has 4 heteroatoms. The molecule has 0 aliphatic heterocycles. The van der Waals surface area contributed by atoms with Gasteiger partial charge in [-0.05, 0) is 25.3 Å². The monoisotopic (exact) mass is 373 g/mol. The molecule has 2 rings (SSSR count). The molecule has 1 unspecified atom stereocenters. The fraction of sp³-hybridized carbons (Fsp3) is 0.533. The molecule has 0 saturated heterocycles. The Balaban J connectivity index is 0.00000180. The lowest BCUT2D eigenvalue weighted by Gasteiger charge is -2.13. The summed E-state index contributed by atoms with van der Waals surface area (Å²) in [5, 5.41) is 6.74. The van der Waals surface area contributed by atoms with Crippen molar-refractivity contribution in [3.05, 3.63) is 35.9 Å². The zero-order chi connectivity index (χ0) is 12.8. The van der Waals surface area contributed by atoms with Gasteiger partial charge in [-0.3, -0.25) is 4.99 Å². The SMILES string of the molecule is CCNC(=NCC(C)c1ccccc1)NC1CC1.I. The second kappa shape index (κ2) is 8.40. The predicted octanol–water partition coefficient (Wildman–Crippen LogP) is 3.13. The Hall–Kier alpha value is -0.780. The summed E-state index contributed by atoms with van der Waals surface area (Å²) < 4.78 is 0. The van der Waals surface area contributed by atoms with Crippen LogP contribution in [0.1, 0.15) is 38.2 Å². The van der Waals surface area contributed by atoms with Crippen LogP contribution in [0, 0.1) is 0 Å². The normalized spacial score (nSPS) is 16.4. The average molecular weight is 373 g/mol. The van der Waals surface area contributed by atoms with Crippen molar-refractivity contribution in [1.29, 1.82) is 0 Å². The van der Waals surface area contributed by atoms with Gasteiger partial charge in [-0.1, -0.05) is 37.3 Å². The Morgan fingerprint density at radius 1 is 1.32 bits per heavy atom. The predicted molar refractivity (Wildman–Crippen MR) is 92.4 cm³/mol. The fourth-order valence-electron chi connectivity index (χ4n) is 1.86. The maximum absolute atomic E-state index is 4.66. The van der Waals surface area contributed by atoms with Crippen molar-refractivity contribution >= 4 is 29.9 Å².